The lowest BCUT2D eigenvalue weighted by Gasteiger charge is -2.30. The van der Waals surface area contributed by atoms with Crippen molar-refractivity contribution in [1.82, 2.24) is 10.2 Å². The molecule has 6 nitrogen and oxygen atoms in total. The molecule has 1 N–H and O–H groups in total. The molecule has 0 aliphatic rings. The Morgan fingerprint density at radius 1 is 1.10 bits per heavy atom. The van der Waals surface area contributed by atoms with Crippen molar-refractivity contribution >= 4 is 23.4 Å². The van der Waals surface area contributed by atoms with Crippen LogP contribution in [0.4, 0.5) is 0 Å². The molecule has 0 saturated heterocycles. The zero-order valence-corrected chi connectivity index (χ0v) is 17.7. The average Bonchev–Trinajstić information content (AvgIpc) is 2.73. The molecule has 2 rings (SSSR count). The van der Waals surface area contributed by atoms with E-state index in [-0.39, 0.29) is 25.0 Å². The van der Waals surface area contributed by atoms with Gasteiger partial charge >= 0.3 is 0 Å². The maximum Gasteiger partial charge on any atom is 0.261 e. The zero-order chi connectivity index (χ0) is 21.2. The summed E-state index contributed by atoms with van der Waals surface area (Å²) in [5.74, 6) is 0.770. The number of likely N-dealkylation sites (N-methyl/N-ethyl adjacent to an activating group) is 1. The van der Waals surface area contributed by atoms with E-state index < -0.39 is 6.04 Å². The highest BCUT2D eigenvalue weighted by atomic mass is 35.5. The fourth-order valence-electron chi connectivity index (χ4n) is 2.94. The Morgan fingerprint density at radius 2 is 1.83 bits per heavy atom. The smallest absolute Gasteiger partial charge is 0.261 e. The van der Waals surface area contributed by atoms with Crippen molar-refractivity contribution in [2.24, 2.45) is 0 Å². The molecule has 0 aromatic heterocycles. The molecule has 1 atom stereocenters. The van der Waals surface area contributed by atoms with Crippen LogP contribution in [0.3, 0.4) is 0 Å². The summed E-state index contributed by atoms with van der Waals surface area (Å²) in [6.07, 6.45) is 0.489. The van der Waals surface area contributed by atoms with Gasteiger partial charge in [-0.3, -0.25) is 9.59 Å². The monoisotopic (exact) mass is 418 g/mol. The Kier molecular flexibility index (Phi) is 8.80. The van der Waals surface area contributed by atoms with Crippen LogP contribution in [-0.4, -0.2) is 43.0 Å². The van der Waals surface area contributed by atoms with Crippen LogP contribution >= 0.6 is 11.6 Å². The summed E-state index contributed by atoms with van der Waals surface area (Å²) in [5, 5.41) is 3.40. The SMILES string of the molecule is CCNC(=O)[C@H](CC)N(Cc1cccc(OC)c1)C(=O)COc1ccc(Cl)cc1. The zero-order valence-electron chi connectivity index (χ0n) is 17.0. The topological polar surface area (TPSA) is 67.9 Å². The third-order valence-corrected chi connectivity index (χ3v) is 4.65. The molecule has 2 aromatic rings. The largest absolute Gasteiger partial charge is 0.497 e. The van der Waals surface area contributed by atoms with Crippen LogP contribution in [0.2, 0.25) is 5.02 Å². The Hall–Kier alpha value is -2.73. The molecular formula is C22H27ClN2O4. The number of carbonyl (C=O) groups is 2. The van der Waals surface area contributed by atoms with E-state index in [0.29, 0.717) is 29.5 Å². The summed E-state index contributed by atoms with van der Waals surface area (Å²) in [5.41, 5.74) is 0.868. The number of rotatable bonds is 10. The van der Waals surface area contributed by atoms with Crippen LogP contribution in [0, 0.1) is 0 Å². The molecular weight excluding hydrogens is 392 g/mol. The molecule has 0 aliphatic heterocycles. The number of benzene rings is 2. The first-order valence-electron chi connectivity index (χ1n) is 9.56. The van der Waals surface area contributed by atoms with Gasteiger partial charge in [0.2, 0.25) is 5.91 Å². The minimum absolute atomic E-state index is 0.179. The van der Waals surface area contributed by atoms with Gasteiger partial charge in [0.05, 0.1) is 7.11 Å². The lowest BCUT2D eigenvalue weighted by Crippen LogP contribution is -2.50. The fraction of sp³-hybridized carbons (Fsp3) is 0.364. The summed E-state index contributed by atoms with van der Waals surface area (Å²) >= 11 is 5.88. The Bertz CT molecular complexity index is 811. The standard InChI is InChI=1S/C22H27ClN2O4/c1-4-20(22(27)24-5-2)25(14-16-7-6-8-19(13-16)28-3)21(26)15-29-18-11-9-17(23)10-12-18/h6-13,20H,4-5,14-15H2,1-3H3,(H,24,27)/t20-/m0/s1. The van der Waals surface area contributed by atoms with Gasteiger partial charge in [0.25, 0.3) is 5.91 Å². The number of ether oxygens (including phenoxy) is 2. The Morgan fingerprint density at radius 3 is 2.45 bits per heavy atom. The number of methoxy groups -OCH3 is 1. The van der Waals surface area contributed by atoms with E-state index in [1.54, 1.807) is 36.3 Å². The van der Waals surface area contributed by atoms with Crippen molar-refractivity contribution in [1.29, 1.82) is 0 Å². The van der Waals surface area contributed by atoms with E-state index in [0.717, 1.165) is 5.56 Å². The molecule has 0 aliphatic carbocycles. The quantitative estimate of drug-likeness (QED) is 0.639. The van der Waals surface area contributed by atoms with Gasteiger partial charge in [0.15, 0.2) is 6.61 Å². The number of amides is 2. The van der Waals surface area contributed by atoms with Gasteiger partial charge in [-0.1, -0.05) is 30.7 Å². The van der Waals surface area contributed by atoms with Gasteiger partial charge in [0, 0.05) is 18.1 Å². The number of halogens is 1. The van der Waals surface area contributed by atoms with Crippen molar-refractivity contribution in [3.8, 4) is 11.5 Å². The maximum absolute atomic E-state index is 13.0. The third-order valence-electron chi connectivity index (χ3n) is 4.40. The van der Waals surface area contributed by atoms with Gasteiger partial charge in [-0.25, -0.2) is 0 Å². The van der Waals surface area contributed by atoms with E-state index in [1.165, 1.54) is 0 Å². The van der Waals surface area contributed by atoms with Crippen LogP contribution < -0.4 is 14.8 Å². The van der Waals surface area contributed by atoms with Crippen LogP contribution in [0.1, 0.15) is 25.8 Å². The van der Waals surface area contributed by atoms with Crippen molar-refractivity contribution in [3.63, 3.8) is 0 Å². The second kappa shape index (κ2) is 11.3. The number of hydrogen-bond acceptors (Lipinski definition) is 4. The molecule has 0 radical (unpaired) electrons. The predicted molar refractivity (Wildman–Crippen MR) is 113 cm³/mol. The van der Waals surface area contributed by atoms with E-state index in [9.17, 15) is 9.59 Å². The van der Waals surface area contributed by atoms with Crippen LogP contribution in [0.5, 0.6) is 11.5 Å². The molecule has 2 amide bonds. The minimum atomic E-state index is -0.595. The molecule has 0 spiro atoms. The first-order valence-corrected chi connectivity index (χ1v) is 9.94. The van der Waals surface area contributed by atoms with E-state index in [4.69, 9.17) is 21.1 Å². The highest BCUT2D eigenvalue weighted by molar-refractivity contribution is 6.30. The summed E-state index contributed by atoms with van der Waals surface area (Å²) in [6.45, 7) is 4.32. The molecule has 29 heavy (non-hydrogen) atoms. The lowest BCUT2D eigenvalue weighted by molar-refractivity contribution is -0.142. The van der Waals surface area contributed by atoms with E-state index in [2.05, 4.69) is 5.32 Å². The second-order valence-electron chi connectivity index (χ2n) is 6.43. The first-order chi connectivity index (χ1) is 14.0. The van der Waals surface area contributed by atoms with Crippen LogP contribution in [0.15, 0.2) is 48.5 Å². The molecule has 0 saturated carbocycles. The highest BCUT2D eigenvalue weighted by Crippen LogP contribution is 2.19. The molecule has 0 bridgehead atoms. The average molecular weight is 419 g/mol. The molecule has 0 heterocycles. The van der Waals surface area contributed by atoms with Gasteiger partial charge < -0.3 is 19.7 Å². The Labute approximate surface area is 176 Å². The van der Waals surface area contributed by atoms with Gasteiger partial charge in [-0.05, 0) is 55.3 Å². The maximum atomic E-state index is 13.0. The Balaban J connectivity index is 2.20. The number of carbonyl (C=O) groups excluding carboxylic acids is 2. The van der Waals surface area contributed by atoms with Crippen LogP contribution in [-0.2, 0) is 16.1 Å². The van der Waals surface area contributed by atoms with Gasteiger partial charge in [-0.2, -0.15) is 0 Å². The summed E-state index contributed by atoms with van der Waals surface area (Å²) in [7, 11) is 1.59. The molecule has 7 heteroatoms. The van der Waals surface area contributed by atoms with Crippen molar-refractivity contribution in [2.45, 2.75) is 32.9 Å². The summed E-state index contributed by atoms with van der Waals surface area (Å²) in [4.78, 5) is 27.1. The van der Waals surface area contributed by atoms with E-state index in [1.807, 2.05) is 38.1 Å². The second-order valence-corrected chi connectivity index (χ2v) is 6.87. The first kappa shape index (κ1) is 22.6. The number of nitrogens with zero attached hydrogens (tertiary/aromatic N) is 1. The number of hydrogen-bond donors (Lipinski definition) is 1. The molecule has 2 aromatic carbocycles. The predicted octanol–water partition coefficient (Wildman–Crippen LogP) is 3.67. The minimum Gasteiger partial charge on any atom is -0.497 e. The number of nitrogens with one attached hydrogen (secondary N) is 1. The van der Waals surface area contributed by atoms with E-state index >= 15 is 0 Å². The summed E-state index contributed by atoms with van der Waals surface area (Å²) in [6, 6.07) is 13.6. The lowest BCUT2D eigenvalue weighted by atomic mass is 10.1. The van der Waals surface area contributed by atoms with Crippen LogP contribution in [0.25, 0.3) is 0 Å². The highest BCUT2D eigenvalue weighted by Gasteiger charge is 2.28. The molecule has 156 valence electrons. The van der Waals surface area contributed by atoms with Gasteiger partial charge in [0.1, 0.15) is 17.5 Å². The molecule has 0 fully saturated rings. The normalized spacial score (nSPS) is 11.4. The molecule has 0 unspecified atom stereocenters. The van der Waals surface area contributed by atoms with Crippen molar-refractivity contribution in [2.75, 3.05) is 20.3 Å². The third kappa shape index (κ3) is 6.68. The van der Waals surface area contributed by atoms with Gasteiger partial charge in [-0.15, -0.1) is 0 Å². The fourth-order valence-corrected chi connectivity index (χ4v) is 3.06. The van der Waals surface area contributed by atoms with Crippen molar-refractivity contribution < 1.29 is 19.1 Å². The van der Waals surface area contributed by atoms with Crippen molar-refractivity contribution in [3.05, 3.63) is 59.1 Å². The summed E-state index contributed by atoms with van der Waals surface area (Å²) < 4.78 is 10.9.